The quantitative estimate of drug-likeness (QED) is 0.200. The molecule has 0 saturated carbocycles. The van der Waals surface area contributed by atoms with E-state index in [1.54, 1.807) is 39.0 Å². The van der Waals surface area contributed by atoms with E-state index >= 15 is 0 Å². The van der Waals surface area contributed by atoms with Gasteiger partial charge in [-0.05, 0) is 0 Å². The number of aliphatic hydroxyl groups excluding tert-OH is 2. The maximum atomic E-state index is 10.1. The molecule has 12 heteroatoms. The summed E-state index contributed by atoms with van der Waals surface area (Å²) in [5.41, 5.74) is -0.750. The molecule has 38 heavy (non-hydrogen) atoms. The molecule has 4 rings (SSSR count). The van der Waals surface area contributed by atoms with E-state index in [4.69, 9.17) is 40.0 Å². The standard InChI is InChI=1S/C12H18O4.C6H10O4.C4H9O.C3H5Br.CH3F.K/c1-3-5-13-9-7-15-12-10(14-6-4-2)8-16-11(9)12;7-3-1-9-6-4(8)2-10-5(3)6;1-4(2,3)5;1-2-3-4;1-2;/h3-4,9-12H,1-2,5-8H2;3-8H,1-2H2;1-3H3;2H,1,3H2;1H3;/q;;-1;;;+1/t9-,10-,11-,12-;3-,4-,5-,6-;;;;/m11..../s1/i;;;;1D;. The molecule has 218 valence electrons. The van der Waals surface area contributed by atoms with Crippen LogP contribution in [0, 0.1) is 0 Å². The van der Waals surface area contributed by atoms with Gasteiger partial charge in [0.25, 0.3) is 0 Å². The third-order valence-electron chi connectivity index (χ3n) is 4.93. The Bertz CT molecular complexity index is 599. The smallest absolute Gasteiger partial charge is 0.850 e. The number of aliphatic hydroxyl groups is 2. The molecule has 4 aliphatic rings. The summed E-state index contributed by atoms with van der Waals surface area (Å²) in [4.78, 5) is 0. The van der Waals surface area contributed by atoms with E-state index in [0.29, 0.717) is 26.4 Å². The first kappa shape index (κ1) is 38.9. The summed E-state index contributed by atoms with van der Waals surface area (Å²) >= 11 is 3.13. The summed E-state index contributed by atoms with van der Waals surface area (Å²) in [7, 11) is -1.00. The Kier molecular flexibility index (Phi) is 24.0. The number of hydrogen-bond donors (Lipinski definition) is 2. The Morgan fingerprint density at radius 2 is 1.16 bits per heavy atom. The fraction of sp³-hybridized carbons (Fsp3) is 0.769. The Balaban J connectivity index is 0. The van der Waals surface area contributed by atoms with Crippen molar-refractivity contribution in [3.8, 4) is 0 Å². The largest absolute Gasteiger partial charge is 1.00 e. The molecular weight excluding hydrogens is 594 g/mol. The van der Waals surface area contributed by atoms with Crippen LogP contribution in [0.15, 0.2) is 38.0 Å². The third kappa shape index (κ3) is 16.4. The molecule has 0 unspecified atom stereocenters. The van der Waals surface area contributed by atoms with Crippen LogP contribution < -0.4 is 56.5 Å². The topological polar surface area (TPSA) is 119 Å². The maximum absolute atomic E-state index is 10.1. The minimum atomic E-state index is -1.00. The van der Waals surface area contributed by atoms with Crippen LogP contribution >= 0.6 is 15.9 Å². The number of alkyl halides is 2. The molecule has 4 heterocycles. The van der Waals surface area contributed by atoms with Gasteiger partial charge in [-0.15, -0.1) is 25.3 Å². The van der Waals surface area contributed by atoms with E-state index in [0.717, 1.165) is 5.33 Å². The molecule has 0 aromatic rings. The molecule has 2 N–H and O–H groups in total. The van der Waals surface area contributed by atoms with Crippen LogP contribution in [0.5, 0.6) is 0 Å². The monoisotopic (exact) mass is 639 g/mol. The number of halogens is 2. The fourth-order valence-corrected chi connectivity index (χ4v) is 3.56. The number of rotatable bonds is 7. The van der Waals surface area contributed by atoms with E-state index in [1.807, 2.05) is 0 Å². The summed E-state index contributed by atoms with van der Waals surface area (Å²) in [6.45, 7) is 18.3. The molecule has 0 spiro atoms. The zero-order valence-corrected chi connectivity index (χ0v) is 27.8. The van der Waals surface area contributed by atoms with E-state index in [9.17, 15) is 9.50 Å². The first-order valence-corrected chi connectivity index (χ1v) is 13.1. The maximum Gasteiger partial charge on any atom is 1.00 e. The molecule has 9 nitrogen and oxygen atoms in total. The van der Waals surface area contributed by atoms with E-state index < -0.39 is 25.0 Å². The van der Waals surface area contributed by atoms with Crippen molar-refractivity contribution in [2.45, 2.75) is 75.2 Å². The average Bonchev–Trinajstić information content (AvgIpc) is 3.62. The van der Waals surface area contributed by atoms with Crippen molar-refractivity contribution in [2.24, 2.45) is 0 Å². The number of fused-ring (bicyclic) bond motifs is 2. The summed E-state index contributed by atoms with van der Waals surface area (Å²) in [6, 6.07) is 0. The van der Waals surface area contributed by atoms with Gasteiger partial charge in [0.15, 0.2) is 0 Å². The van der Waals surface area contributed by atoms with Crippen molar-refractivity contribution in [3.63, 3.8) is 0 Å². The SMILES string of the molecule is C=CCBr.C=CCO[C@@H]1CO[C@H]2[C@@H]1OC[C@H]2OCC=C.CC(C)(C)[O-].O[C@@H]1CO[C@H]2[C@@H]1OC[C@H]2O.[2H]CF.[K+]. The van der Waals surface area contributed by atoms with Gasteiger partial charge in [0.05, 0.1) is 48.2 Å². The van der Waals surface area contributed by atoms with Gasteiger partial charge in [-0.1, -0.05) is 54.9 Å². The molecule has 0 radical (unpaired) electrons. The van der Waals surface area contributed by atoms with Crippen molar-refractivity contribution in [3.05, 3.63) is 38.0 Å². The fourth-order valence-electron chi connectivity index (χ4n) is 3.56. The van der Waals surface area contributed by atoms with Crippen molar-refractivity contribution < 1.29 is 101 Å². The predicted octanol–water partition coefficient (Wildman–Crippen LogP) is -1.27. The molecule has 0 aromatic carbocycles. The second-order valence-corrected chi connectivity index (χ2v) is 9.85. The minimum absolute atomic E-state index is 0. The Morgan fingerprint density at radius 1 is 0.868 bits per heavy atom. The second-order valence-electron chi connectivity index (χ2n) is 9.20. The first-order valence-electron chi connectivity index (χ1n) is 12.7. The van der Waals surface area contributed by atoms with Gasteiger partial charge in [0.1, 0.15) is 48.8 Å². The zero-order chi connectivity index (χ0) is 29.1. The van der Waals surface area contributed by atoms with Gasteiger partial charge in [0.2, 0.25) is 0 Å². The van der Waals surface area contributed by atoms with Crippen LogP contribution in [0.1, 0.15) is 22.1 Å². The van der Waals surface area contributed by atoms with Crippen LogP contribution in [0.4, 0.5) is 4.39 Å². The first-order chi connectivity index (χ1) is 18.0. The Labute approximate surface area is 279 Å². The minimum Gasteiger partial charge on any atom is -0.850 e. The van der Waals surface area contributed by atoms with Gasteiger partial charge in [-0.3, -0.25) is 4.39 Å². The molecule has 4 saturated heterocycles. The predicted molar refractivity (Wildman–Crippen MR) is 142 cm³/mol. The Hall–Kier alpha value is 0.906. The van der Waals surface area contributed by atoms with Gasteiger partial charge >= 0.3 is 51.4 Å². The van der Waals surface area contributed by atoms with E-state index in [-0.39, 0.29) is 101 Å². The van der Waals surface area contributed by atoms with Crippen LogP contribution in [-0.4, -0.2) is 117 Å². The van der Waals surface area contributed by atoms with Crippen LogP contribution in [0.2, 0.25) is 0 Å². The molecule has 0 aliphatic carbocycles. The molecule has 4 aliphatic heterocycles. The normalized spacial score (nSPS) is 32.5. The summed E-state index contributed by atoms with van der Waals surface area (Å²) in [6.07, 6.45) is 3.54. The van der Waals surface area contributed by atoms with Gasteiger partial charge in [0, 0.05) is 5.33 Å². The summed E-state index contributed by atoms with van der Waals surface area (Å²) in [5, 5.41) is 29.3. The summed E-state index contributed by atoms with van der Waals surface area (Å²) in [5.74, 6) is 0. The van der Waals surface area contributed by atoms with E-state index in [2.05, 4.69) is 35.7 Å². The van der Waals surface area contributed by atoms with Crippen LogP contribution in [0.25, 0.3) is 0 Å². The van der Waals surface area contributed by atoms with E-state index in [1.165, 1.54) is 0 Å². The van der Waals surface area contributed by atoms with Crippen LogP contribution in [-0.2, 0) is 28.4 Å². The van der Waals surface area contributed by atoms with Gasteiger partial charge in [-0.25, -0.2) is 0 Å². The number of ether oxygens (including phenoxy) is 6. The van der Waals surface area contributed by atoms with Crippen molar-refractivity contribution in [2.75, 3.05) is 52.1 Å². The number of allylic oxidation sites excluding steroid dienone is 1. The summed E-state index contributed by atoms with van der Waals surface area (Å²) < 4.78 is 48.1. The van der Waals surface area contributed by atoms with Gasteiger partial charge < -0.3 is 43.7 Å². The van der Waals surface area contributed by atoms with Crippen LogP contribution in [0.3, 0.4) is 0 Å². The molecular formula is C26H45BrFKO9. The molecule has 4 fully saturated rings. The van der Waals surface area contributed by atoms with Crippen molar-refractivity contribution >= 4 is 15.9 Å². The average molecular weight is 641 g/mol. The van der Waals surface area contributed by atoms with Crippen molar-refractivity contribution in [1.29, 1.82) is 0 Å². The molecule has 0 amide bonds. The Morgan fingerprint density at radius 3 is 1.42 bits per heavy atom. The molecule has 0 aromatic heterocycles. The third-order valence-corrected chi connectivity index (χ3v) is 5.39. The molecule has 8 atom stereocenters. The molecule has 0 bridgehead atoms. The zero-order valence-electron chi connectivity index (χ0n) is 24.1. The van der Waals surface area contributed by atoms with Crippen molar-refractivity contribution in [1.82, 2.24) is 0 Å². The van der Waals surface area contributed by atoms with Gasteiger partial charge in [-0.2, -0.15) is 0 Å². The number of hydrogen-bond acceptors (Lipinski definition) is 9. The second kappa shape index (κ2) is 23.5.